The summed E-state index contributed by atoms with van der Waals surface area (Å²) in [6.45, 7) is 10.1. The van der Waals surface area contributed by atoms with E-state index in [-0.39, 0.29) is 30.7 Å². The molecule has 1 amide bonds. The highest BCUT2D eigenvalue weighted by molar-refractivity contribution is 5.85. The minimum Gasteiger partial charge on any atom is -0.353 e. The fraction of sp³-hybridized carbons (Fsp3) is 0.562. The Morgan fingerprint density at radius 1 is 1.09 bits per heavy atom. The molecule has 1 aromatic rings. The van der Waals surface area contributed by atoms with Crippen molar-refractivity contribution in [1.29, 1.82) is 0 Å². The second-order valence-corrected chi connectivity index (χ2v) is 5.60. The lowest BCUT2D eigenvalue weighted by atomic mass is 10.1. The van der Waals surface area contributed by atoms with Crippen LogP contribution < -0.4 is 11.1 Å². The van der Waals surface area contributed by atoms with E-state index >= 15 is 0 Å². The van der Waals surface area contributed by atoms with Crippen molar-refractivity contribution >= 4 is 30.7 Å². The zero-order valence-electron chi connectivity index (χ0n) is 13.8. The molecule has 3 N–H and O–H groups in total. The van der Waals surface area contributed by atoms with Crippen LogP contribution >= 0.6 is 24.8 Å². The van der Waals surface area contributed by atoms with Crippen LogP contribution in [0.4, 0.5) is 0 Å². The summed E-state index contributed by atoms with van der Waals surface area (Å²) in [5.74, 6) is -0.122. The summed E-state index contributed by atoms with van der Waals surface area (Å²) in [6.07, 6.45) is 0. The molecular weight excluding hydrogens is 321 g/mol. The van der Waals surface area contributed by atoms with E-state index in [1.807, 2.05) is 30.3 Å². The predicted molar refractivity (Wildman–Crippen MR) is 97.9 cm³/mol. The van der Waals surface area contributed by atoms with Gasteiger partial charge in [-0.1, -0.05) is 30.3 Å². The van der Waals surface area contributed by atoms with Gasteiger partial charge in [0.15, 0.2) is 0 Å². The maximum atomic E-state index is 12.0. The highest BCUT2D eigenvalue weighted by atomic mass is 35.5. The number of nitrogens with one attached hydrogen (secondary N) is 1. The first-order valence-electron chi connectivity index (χ1n) is 7.27. The van der Waals surface area contributed by atoms with E-state index in [0.717, 1.165) is 12.1 Å². The van der Waals surface area contributed by atoms with Gasteiger partial charge in [0.25, 0.3) is 0 Å². The predicted octanol–water partition coefficient (Wildman–Crippen LogP) is 2.77. The monoisotopic (exact) mass is 349 g/mol. The van der Waals surface area contributed by atoms with Crippen LogP contribution in [0.15, 0.2) is 30.3 Å². The van der Waals surface area contributed by atoms with Gasteiger partial charge in [0.2, 0.25) is 5.91 Å². The van der Waals surface area contributed by atoms with Crippen LogP contribution in [0.5, 0.6) is 0 Å². The third-order valence-electron chi connectivity index (χ3n) is 3.44. The molecule has 4 nitrogen and oxygen atoms in total. The summed E-state index contributed by atoms with van der Waals surface area (Å²) in [7, 11) is 0. The van der Waals surface area contributed by atoms with E-state index in [1.165, 1.54) is 0 Å². The summed E-state index contributed by atoms with van der Waals surface area (Å²) in [5.41, 5.74) is 6.79. The topological polar surface area (TPSA) is 58.4 Å². The molecule has 0 aliphatic rings. The van der Waals surface area contributed by atoms with Crippen molar-refractivity contribution < 1.29 is 4.79 Å². The van der Waals surface area contributed by atoms with Crippen molar-refractivity contribution in [3.05, 3.63) is 35.9 Å². The first-order valence-corrected chi connectivity index (χ1v) is 7.27. The van der Waals surface area contributed by atoms with E-state index in [9.17, 15) is 4.79 Å². The van der Waals surface area contributed by atoms with Gasteiger partial charge in [-0.25, -0.2) is 0 Å². The van der Waals surface area contributed by atoms with Crippen molar-refractivity contribution in [3.8, 4) is 0 Å². The lowest BCUT2D eigenvalue weighted by Crippen LogP contribution is -2.44. The van der Waals surface area contributed by atoms with Crippen LogP contribution in [0.3, 0.4) is 0 Å². The van der Waals surface area contributed by atoms with E-state index < -0.39 is 6.04 Å². The van der Waals surface area contributed by atoms with E-state index in [4.69, 9.17) is 5.73 Å². The third kappa shape index (κ3) is 7.45. The Hall–Kier alpha value is -0.810. The molecule has 0 spiro atoms. The average molecular weight is 350 g/mol. The number of hydrogen-bond acceptors (Lipinski definition) is 3. The molecule has 1 aromatic carbocycles. The SMILES string of the molecule is CC(C)N(CCNC(=O)C(N)c1ccccc1)C(C)C.Cl.Cl. The van der Waals surface area contributed by atoms with Crippen LogP contribution in [0.25, 0.3) is 0 Å². The lowest BCUT2D eigenvalue weighted by molar-refractivity contribution is -0.122. The summed E-state index contributed by atoms with van der Waals surface area (Å²) in [5, 5.41) is 2.92. The number of amides is 1. The van der Waals surface area contributed by atoms with Gasteiger partial charge in [-0.2, -0.15) is 0 Å². The minimum atomic E-state index is -0.595. The van der Waals surface area contributed by atoms with Crippen LogP contribution in [0, 0.1) is 0 Å². The van der Waals surface area contributed by atoms with Crippen molar-refractivity contribution in [3.63, 3.8) is 0 Å². The van der Waals surface area contributed by atoms with Gasteiger partial charge >= 0.3 is 0 Å². The molecule has 22 heavy (non-hydrogen) atoms. The Bertz CT molecular complexity index is 405. The number of nitrogens with two attached hydrogens (primary N) is 1. The zero-order valence-corrected chi connectivity index (χ0v) is 15.4. The average Bonchev–Trinajstić information content (AvgIpc) is 2.42. The summed E-state index contributed by atoms with van der Waals surface area (Å²) in [6, 6.07) is 9.78. The molecular formula is C16H29Cl2N3O. The smallest absolute Gasteiger partial charge is 0.241 e. The quantitative estimate of drug-likeness (QED) is 0.795. The second kappa shape index (κ2) is 11.7. The Morgan fingerprint density at radius 3 is 2.05 bits per heavy atom. The Kier molecular flexibility index (Phi) is 12.5. The molecule has 0 aromatic heterocycles. The fourth-order valence-corrected chi connectivity index (χ4v) is 2.34. The van der Waals surface area contributed by atoms with Gasteiger partial charge in [0.1, 0.15) is 6.04 Å². The first-order chi connectivity index (χ1) is 9.43. The van der Waals surface area contributed by atoms with E-state index in [1.54, 1.807) is 0 Å². The second-order valence-electron chi connectivity index (χ2n) is 5.60. The lowest BCUT2D eigenvalue weighted by Gasteiger charge is -2.30. The van der Waals surface area contributed by atoms with Gasteiger partial charge in [0, 0.05) is 25.2 Å². The minimum absolute atomic E-state index is 0. The van der Waals surface area contributed by atoms with Gasteiger partial charge in [-0.05, 0) is 33.3 Å². The number of rotatable bonds is 7. The van der Waals surface area contributed by atoms with Crippen LogP contribution in [0.2, 0.25) is 0 Å². The largest absolute Gasteiger partial charge is 0.353 e. The maximum Gasteiger partial charge on any atom is 0.241 e. The molecule has 0 aliphatic heterocycles. The number of benzene rings is 1. The number of carbonyl (C=O) groups excluding carboxylic acids is 1. The highest BCUT2D eigenvalue weighted by Crippen LogP contribution is 2.09. The molecule has 0 heterocycles. The summed E-state index contributed by atoms with van der Waals surface area (Å²) >= 11 is 0. The molecule has 1 unspecified atom stereocenters. The Labute approximate surface area is 146 Å². The third-order valence-corrected chi connectivity index (χ3v) is 3.44. The molecule has 0 aliphatic carbocycles. The molecule has 0 bridgehead atoms. The number of nitrogens with zero attached hydrogens (tertiary/aromatic N) is 1. The van der Waals surface area contributed by atoms with Gasteiger partial charge in [-0.3, -0.25) is 9.69 Å². The number of carbonyl (C=O) groups is 1. The standard InChI is InChI=1S/C16H27N3O.2ClH/c1-12(2)19(13(3)4)11-10-18-16(20)15(17)14-8-6-5-7-9-14;;/h5-9,12-13,15H,10-11,17H2,1-4H3,(H,18,20);2*1H. The van der Waals surface area contributed by atoms with Crippen molar-refractivity contribution in [2.75, 3.05) is 13.1 Å². The molecule has 128 valence electrons. The molecule has 0 fully saturated rings. The molecule has 0 saturated heterocycles. The normalized spacial score (nSPS) is 11.8. The van der Waals surface area contributed by atoms with Crippen LogP contribution in [-0.2, 0) is 4.79 Å². The van der Waals surface area contributed by atoms with Gasteiger partial charge in [-0.15, -0.1) is 24.8 Å². The van der Waals surface area contributed by atoms with Crippen LogP contribution in [0.1, 0.15) is 39.3 Å². The fourth-order valence-electron chi connectivity index (χ4n) is 2.34. The molecule has 0 saturated carbocycles. The number of hydrogen-bond donors (Lipinski definition) is 2. The Morgan fingerprint density at radius 2 is 1.59 bits per heavy atom. The zero-order chi connectivity index (χ0) is 15.1. The summed E-state index contributed by atoms with van der Waals surface area (Å²) < 4.78 is 0. The summed E-state index contributed by atoms with van der Waals surface area (Å²) in [4.78, 5) is 14.4. The molecule has 1 atom stereocenters. The van der Waals surface area contributed by atoms with Crippen molar-refractivity contribution in [2.24, 2.45) is 5.73 Å². The van der Waals surface area contributed by atoms with E-state index in [0.29, 0.717) is 18.6 Å². The van der Waals surface area contributed by atoms with Crippen molar-refractivity contribution in [1.82, 2.24) is 10.2 Å². The van der Waals surface area contributed by atoms with Gasteiger partial charge < -0.3 is 11.1 Å². The molecule has 1 rings (SSSR count). The van der Waals surface area contributed by atoms with Crippen molar-refractivity contribution in [2.45, 2.75) is 45.8 Å². The molecule has 0 radical (unpaired) electrons. The Balaban J connectivity index is 0. The highest BCUT2D eigenvalue weighted by Gasteiger charge is 2.16. The molecule has 6 heteroatoms. The first kappa shape index (κ1) is 23.5. The van der Waals surface area contributed by atoms with Gasteiger partial charge in [0.05, 0.1) is 0 Å². The van der Waals surface area contributed by atoms with E-state index in [2.05, 4.69) is 37.9 Å². The maximum absolute atomic E-state index is 12.0. The van der Waals surface area contributed by atoms with Crippen LogP contribution in [-0.4, -0.2) is 36.0 Å². The number of halogens is 2.